The number of carbonyl (C=O) groups is 1. The van der Waals surface area contributed by atoms with E-state index in [1.807, 2.05) is 0 Å². The largest absolute Gasteiger partial charge is 0.335 e. The minimum atomic E-state index is -1.87. The number of piperidine rings is 1. The lowest BCUT2D eigenvalue weighted by Gasteiger charge is -2.34. The zero-order chi connectivity index (χ0) is 19.1. The molecule has 28 heavy (non-hydrogen) atoms. The Labute approximate surface area is 160 Å². The molecule has 1 unspecified atom stereocenters. The summed E-state index contributed by atoms with van der Waals surface area (Å²) in [6.07, 6.45) is 6.18. The Bertz CT molecular complexity index is 999. The number of rotatable bonds is 4. The van der Waals surface area contributed by atoms with Crippen molar-refractivity contribution in [2.75, 3.05) is 13.1 Å². The number of likely N-dealkylation sites (tertiary alicyclic amines) is 1. The maximum atomic E-state index is 15.7. The van der Waals surface area contributed by atoms with E-state index in [0.29, 0.717) is 36.0 Å². The van der Waals surface area contributed by atoms with Crippen molar-refractivity contribution in [3.63, 3.8) is 0 Å². The van der Waals surface area contributed by atoms with Gasteiger partial charge in [-0.3, -0.25) is 14.9 Å². The molecule has 5 rings (SSSR count). The minimum absolute atomic E-state index is 0.0995. The van der Waals surface area contributed by atoms with Crippen molar-refractivity contribution in [3.05, 3.63) is 47.9 Å². The van der Waals surface area contributed by atoms with Crippen molar-refractivity contribution in [3.8, 4) is 11.4 Å². The molecule has 8 nitrogen and oxygen atoms in total. The molecule has 0 spiro atoms. The summed E-state index contributed by atoms with van der Waals surface area (Å²) in [4.78, 5) is 22.5. The Hall–Kier alpha value is -3.10. The summed E-state index contributed by atoms with van der Waals surface area (Å²) in [7, 11) is 0. The summed E-state index contributed by atoms with van der Waals surface area (Å²) in [5.74, 6) is 0.399. The van der Waals surface area contributed by atoms with Gasteiger partial charge in [0.2, 0.25) is 11.5 Å². The van der Waals surface area contributed by atoms with Crippen LogP contribution in [0.5, 0.6) is 0 Å². The first kappa shape index (κ1) is 17.0. The van der Waals surface area contributed by atoms with Crippen LogP contribution >= 0.6 is 0 Å². The topological polar surface area (TPSA) is 101 Å². The van der Waals surface area contributed by atoms with E-state index in [1.165, 1.54) is 4.90 Å². The first-order chi connectivity index (χ1) is 13.6. The van der Waals surface area contributed by atoms with Crippen molar-refractivity contribution in [1.29, 1.82) is 0 Å². The molecule has 2 fully saturated rings. The van der Waals surface area contributed by atoms with Crippen LogP contribution in [-0.2, 0) is 5.67 Å². The van der Waals surface area contributed by atoms with Crippen LogP contribution in [-0.4, -0.2) is 49.2 Å². The maximum Gasteiger partial charge on any atom is 0.274 e. The lowest BCUT2D eigenvalue weighted by atomic mass is 9.94. The van der Waals surface area contributed by atoms with Gasteiger partial charge in [-0.25, -0.2) is 4.39 Å². The van der Waals surface area contributed by atoms with Gasteiger partial charge in [-0.2, -0.15) is 10.1 Å². The molecule has 1 saturated carbocycles. The summed E-state index contributed by atoms with van der Waals surface area (Å²) in [6.45, 7) is 0.344. The van der Waals surface area contributed by atoms with Crippen LogP contribution in [0.1, 0.15) is 53.7 Å². The van der Waals surface area contributed by atoms with Gasteiger partial charge in [0.25, 0.3) is 11.8 Å². The molecule has 144 valence electrons. The number of alkyl halides is 1. The van der Waals surface area contributed by atoms with E-state index in [0.717, 1.165) is 18.5 Å². The standard InChI is InChI=1S/C19H19FN6O2/c20-19(18-22-16(25-28-18)13-4-7-21-8-5-13)6-1-9-26(11-19)17(27)15-10-14(23-24-15)12-2-3-12/h4-5,7-8,10,12H,1-3,6,9,11H2,(H,23,24). The number of nitrogens with one attached hydrogen (secondary N) is 1. The Kier molecular flexibility index (Phi) is 3.96. The number of halogens is 1. The van der Waals surface area contributed by atoms with Crippen molar-refractivity contribution >= 4 is 5.91 Å². The van der Waals surface area contributed by atoms with Gasteiger partial charge in [0, 0.05) is 36.1 Å². The highest BCUT2D eigenvalue weighted by Gasteiger charge is 2.44. The monoisotopic (exact) mass is 382 g/mol. The second kappa shape index (κ2) is 6.50. The third-order valence-corrected chi connectivity index (χ3v) is 5.31. The normalized spacial score (nSPS) is 22.4. The van der Waals surface area contributed by atoms with Crippen LogP contribution in [0.4, 0.5) is 4.39 Å². The first-order valence-corrected chi connectivity index (χ1v) is 9.40. The van der Waals surface area contributed by atoms with E-state index in [2.05, 4.69) is 25.3 Å². The van der Waals surface area contributed by atoms with Crippen molar-refractivity contribution < 1.29 is 13.7 Å². The smallest absolute Gasteiger partial charge is 0.274 e. The molecular weight excluding hydrogens is 363 g/mol. The Morgan fingerprint density at radius 3 is 2.93 bits per heavy atom. The number of amides is 1. The number of H-pyrrole nitrogens is 1. The number of pyridine rings is 1. The van der Waals surface area contributed by atoms with Gasteiger partial charge in [-0.15, -0.1) is 0 Å². The molecule has 1 amide bonds. The van der Waals surface area contributed by atoms with Crippen LogP contribution in [0.3, 0.4) is 0 Å². The van der Waals surface area contributed by atoms with Gasteiger partial charge in [-0.1, -0.05) is 5.16 Å². The molecule has 1 atom stereocenters. The van der Waals surface area contributed by atoms with Crippen LogP contribution in [0.15, 0.2) is 35.1 Å². The zero-order valence-electron chi connectivity index (χ0n) is 15.1. The number of hydrogen-bond donors (Lipinski definition) is 1. The molecule has 1 N–H and O–H groups in total. The van der Waals surface area contributed by atoms with E-state index < -0.39 is 5.67 Å². The van der Waals surface area contributed by atoms with Crippen LogP contribution < -0.4 is 0 Å². The highest BCUT2D eigenvalue weighted by molar-refractivity contribution is 5.92. The molecule has 0 aromatic carbocycles. The van der Waals surface area contributed by atoms with Crippen molar-refractivity contribution in [2.24, 2.45) is 0 Å². The third-order valence-electron chi connectivity index (χ3n) is 5.31. The second-order valence-electron chi connectivity index (χ2n) is 7.44. The fourth-order valence-electron chi connectivity index (χ4n) is 3.59. The molecule has 1 aliphatic carbocycles. The quantitative estimate of drug-likeness (QED) is 0.745. The Morgan fingerprint density at radius 1 is 1.32 bits per heavy atom. The fourth-order valence-corrected chi connectivity index (χ4v) is 3.59. The van der Waals surface area contributed by atoms with Gasteiger partial charge in [0.15, 0.2) is 0 Å². The highest BCUT2D eigenvalue weighted by Crippen LogP contribution is 2.39. The Balaban J connectivity index is 1.35. The second-order valence-corrected chi connectivity index (χ2v) is 7.44. The number of carbonyl (C=O) groups excluding carboxylic acids is 1. The predicted octanol–water partition coefficient (Wildman–Crippen LogP) is 2.83. The van der Waals surface area contributed by atoms with E-state index >= 15 is 4.39 Å². The average molecular weight is 382 g/mol. The van der Waals surface area contributed by atoms with Gasteiger partial charge >= 0.3 is 0 Å². The first-order valence-electron chi connectivity index (χ1n) is 9.40. The number of aromatic nitrogens is 5. The average Bonchev–Trinajstić information content (AvgIpc) is 3.25. The molecule has 0 radical (unpaired) electrons. The van der Waals surface area contributed by atoms with E-state index in [1.54, 1.807) is 30.6 Å². The number of hydrogen-bond acceptors (Lipinski definition) is 6. The fraction of sp³-hybridized carbons (Fsp3) is 0.421. The summed E-state index contributed by atoms with van der Waals surface area (Å²) in [6, 6.07) is 5.24. The molecule has 1 aliphatic heterocycles. The third kappa shape index (κ3) is 3.06. The predicted molar refractivity (Wildman–Crippen MR) is 96.0 cm³/mol. The van der Waals surface area contributed by atoms with Crippen molar-refractivity contribution in [1.82, 2.24) is 30.2 Å². The lowest BCUT2D eigenvalue weighted by molar-refractivity contribution is 0.0149. The molecule has 1 saturated heterocycles. The van der Waals surface area contributed by atoms with Crippen molar-refractivity contribution in [2.45, 2.75) is 37.3 Å². The summed E-state index contributed by atoms with van der Waals surface area (Å²) in [5.41, 5.74) is 0.128. The number of aromatic amines is 1. The maximum absolute atomic E-state index is 15.7. The summed E-state index contributed by atoms with van der Waals surface area (Å²) in [5, 5.41) is 10.9. The molecular formula is C19H19FN6O2. The van der Waals surface area contributed by atoms with Crippen LogP contribution in [0, 0.1) is 0 Å². The van der Waals surface area contributed by atoms with E-state index in [-0.39, 0.29) is 24.8 Å². The molecule has 2 aliphatic rings. The highest BCUT2D eigenvalue weighted by atomic mass is 19.1. The molecule has 9 heteroatoms. The lowest BCUT2D eigenvalue weighted by Crippen LogP contribution is -2.46. The van der Waals surface area contributed by atoms with Gasteiger partial charge in [-0.05, 0) is 43.9 Å². The molecule has 4 heterocycles. The van der Waals surface area contributed by atoms with Crippen LogP contribution in [0.2, 0.25) is 0 Å². The van der Waals surface area contributed by atoms with Gasteiger partial charge in [0.05, 0.1) is 6.54 Å². The van der Waals surface area contributed by atoms with E-state index in [9.17, 15) is 4.79 Å². The summed E-state index contributed by atoms with van der Waals surface area (Å²) < 4.78 is 20.9. The molecule has 0 bridgehead atoms. The molecule has 3 aromatic rings. The Morgan fingerprint density at radius 2 is 2.14 bits per heavy atom. The van der Waals surface area contributed by atoms with E-state index in [4.69, 9.17) is 4.52 Å². The number of nitrogens with zero attached hydrogens (tertiary/aromatic N) is 5. The minimum Gasteiger partial charge on any atom is -0.335 e. The van der Waals surface area contributed by atoms with Gasteiger partial charge < -0.3 is 9.42 Å². The molecule has 3 aromatic heterocycles. The summed E-state index contributed by atoms with van der Waals surface area (Å²) >= 11 is 0. The SMILES string of the molecule is O=C(c1cc(C2CC2)[nH]n1)N1CCCC(F)(c2nc(-c3ccncc3)no2)C1. The zero-order valence-corrected chi connectivity index (χ0v) is 15.1. The van der Waals surface area contributed by atoms with Crippen LogP contribution in [0.25, 0.3) is 11.4 Å². The van der Waals surface area contributed by atoms with Gasteiger partial charge in [0.1, 0.15) is 5.69 Å².